The fourth-order valence-electron chi connectivity index (χ4n) is 3.49. The van der Waals surface area contributed by atoms with Crippen molar-refractivity contribution in [2.75, 3.05) is 6.54 Å². The van der Waals surface area contributed by atoms with E-state index in [0.29, 0.717) is 5.92 Å². The Bertz CT molecular complexity index is 775. The molecule has 24 heavy (non-hydrogen) atoms. The van der Waals surface area contributed by atoms with Crippen molar-refractivity contribution < 1.29 is 4.79 Å². The lowest BCUT2D eigenvalue weighted by Gasteiger charge is -2.40. The summed E-state index contributed by atoms with van der Waals surface area (Å²) in [5.41, 5.74) is 2.11. The standard InChI is InChI=1S/C18H24N4O2/c1-13-6-8-15(9-7-13)17-14(2)5-4-10-21(17)16(23)11-22-18(24)20(3)12-19-22/h6-9,12,14,17H,4-5,10-11H2,1-3H3/t14-,17+/m1/s1. The summed E-state index contributed by atoms with van der Waals surface area (Å²) in [6.45, 7) is 4.97. The summed E-state index contributed by atoms with van der Waals surface area (Å²) in [6, 6.07) is 8.45. The molecule has 2 aromatic rings. The second kappa shape index (κ2) is 6.63. The molecule has 0 bridgehead atoms. The zero-order valence-electron chi connectivity index (χ0n) is 14.5. The number of aryl methyl sites for hydroxylation is 2. The van der Waals surface area contributed by atoms with Gasteiger partial charge in [0.25, 0.3) is 0 Å². The van der Waals surface area contributed by atoms with E-state index in [-0.39, 0.29) is 24.2 Å². The van der Waals surface area contributed by atoms with E-state index in [1.807, 2.05) is 4.90 Å². The van der Waals surface area contributed by atoms with Gasteiger partial charge in [0.05, 0.1) is 6.04 Å². The van der Waals surface area contributed by atoms with Crippen LogP contribution < -0.4 is 5.69 Å². The van der Waals surface area contributed by atoms with E-state index in [1.54, 1.807) is 7.05 Å². The molecule has 1 saturated heterocycles. The topological polar surface area (TPSA) is 60.1 Å². The highest BCUT2D eigenvalue weighted by Gasteiger charge is 2.33. The van der Waals surface area contributed by atoms with Crippen molar-refractivity contribution in [3.05, 3.63) is 52.2 Å². The van der Waals surface area contributed by atoms with Crippen molar-refractivity contribution in [3.63, 3.8) is 0 Å². The molecule has 1 aliphatic heterocycles. The highest BCUT2D eigenvalue weighted by molar-refractivity contribution is 5.76. The molecule has 1 amide bonds. The van der Waals surface area contributed by atoms with Crippen molar-refractivity contribution in [2.24, 2.45) is 13.0 Å². The average molecular weight is 328 g/mol. The van der Waals surface area contributed by atoms with Gasteiger partial charge in [-0.3, -0.25) is 9.36 Å². The Morgan fingerprint density at radius 3 is 2.62 bits per heavy atom. The molecule has 1 aliphatic rings. The van der Waals surface area contributed by atoms with Crippen molar-refractivity contribution in [3.8, 4) is 0 Å². The van der Waals surface area contributed by atoms with E-state index < -0.39 is 0 Å². The van der Waals surface area contributed by atoms with E-state index in [9.17, 15) is 9.59 Å². The van der Waals surface area contributed by atoms with Gasteiger partial charge in [-0.15, -0.1) is 0 Å². The van der Waals surface area contributed by atoms with Crippen molar-refractivity contribution in [2.45, 2.75) is 39.3 Å². The van der Waals surface area contributed by atoms with E-state index in [4.69, 9.17) is 0 Å². The van der Waals surface area contributed by atoms with Crippen LogP contribution in [0.25, 0.3) is 0 Å². The lowest BCUT2D eigenvalue weighted by Crippen LogP contribution is -2.44. The predicted molar refractivity (Wildman–Crippen MR) is 91.5 cm³/mol. The first kappa shape index (κ1) is 16.5. The number of hydrogen-bond acceptors (Lipinski definition) is 3. The first-order valence-corrected chi connectivity index (χ1v) is 8.42. The molecule has 1 aromatic carbocycles. The highest BCUT2D eigenvalue weighted by Crippen LogP contribution is 2.36. The number of carbonyl (C=O) groups excluding carboxylic acids is 1. The van der Waals surface area contributed by atoms with Crippen LogP contribution in [-0.2, 0) is 18.4 Å². The normalized spacial score (nSPS) is 21.0. The van der Waals surface area contributed by atoms with Crippen LogP contribution in [0.4, 0.5) is 0 Å². The lowest BCUT2D eigenvalue weighted by atomic mass is 9.85. The quantitative estimate of drug-likeness (QED) is 0.864. The Kier molecular flexibility index (Phi) is 4.55. The number of likely N-dealkylation sites (tertiary alicyclic amines) is 1. The molecule has 2 heterocycles. The van der Waals surface area contributed by atoms with Gasteiger partial charge in [0.15, 0.2) is 0 Å². The first-order chi connectivity index (χ1) is 11.5. The van der Waals surface area contributed by atoms with Gasteiger partial charge in [0.1, 0.15) is 12.9 Å². The molecule has 0 N–H and O–H groups in total. The maximum Gasteiger partial charge on any atom is 0.345 e. The minimum Gasteiger partial charge on any atom is -0.334 e. The van der Waals surface area contributed by atoms with Crippen LogP contribution >= 0.6 is 0 Å². The smallest absolute Gasteiger partial charge is 0.334 e. The number of aromatic nitrogens is 3. The molecular weight excluding hydrogens is 304 g/mol. The molecule has 0 saturated carbocycles. The predicted octanol–water partition coefficient (Wildman–Crippen LogP) is 1.89. The molecule has 6 heteroatoms. The summed E-state index contributed by atoms with van der Waals surface area (Å²) in [4.78, 5) is 26.7. The highest BCUT2D eigenvalue weighted by atomic mass is 16.2. The second-order valence-corrected chi connectivity index (χ2v) is 6.74. The minimum absolute atomic E-state index is 0.00520. The van der Waals surface area contributed by atoms with Crippen LogP contribution in [0, 0.1) is 12.8 Å². The van der Waals surface area contributed by atoms with E-state index in [2.05, 4.69) is 43.2 Å². The molecule has 1 fully saturated rings. The number of benzene rings is 1. The van der Waals surface area contributed by atoms with Crippen LogP contribution in [0.2, 0.25) is 0 Å². The average Bonchev–Trinajstić information content (AvgIpc) is 2.88. The number of nitrogens with zero attached hydrogens (tertiary/aromatic N) is 4. The van der Waals surface area contributed by atoms with Gasteiger partial charge in [-0.05, 0) is 31.2 Å². The summed E-state index contributed by atoms with van der Waals surface area (Å²) in [6.07, 6.45) is 3.53. The number of carbonyl (C=O) groups is 1. The molecule has 128 valence electrons. The first-order valence-electron chi connectivity index (χ1n) is 8.42. The van der Waals surface area contributed by atoms with Gasteiger partial charge in [-0.1, -0.05) is 36.8 Å². The molecule has 3 rings (SSSR count). The maximum absolute atomic E-state index is 12.8. The summed E-state index contributed by atoms with van der Waals surface area (Å²) in [5.74, 6) is 0.346. The van der Waals surface area contributed by atoms with Gasteiger partial charge in [0, 0.05) is 13.6 Å². The monoisotopic (exact) mass is 328 g/mol. The second-order valence-electron chi connectivity index (χ2n) is 6.74. The van der Waals surface area contributed by atoms with Crippen LogP contribution in [0.1, 0.15) is 36.9 Å². The molecule has 0 radical (unpaired) electrons. The summed E-state index contributed by atoms with van der Waals surface area (Å²) < 4.78 is 2.61. The molecule has 0 spiro atoms. The van der Waals surface area contributed by atoms with Gasteiger partial charge < -0.3 is 4.90 Å². The van der Waals surface area contributed by atoms with Gasteiger partial charge >= 0.3 is 5.69 Å². The summed E-state index contributed by atoms with van der Waals surface area (Å²) in [7, 11) is 1.63. The number of amides is 1. The molecule has 6 nitrogen and oxygen atoms in total. The Hall–Kier alpha value is -2.37. The van der Waals surface area contributed by atoms with Crippen LogP contribution in [0.5, 0.6) is 0 Å². The maximum atomic E-state index is 12.8. The van der Waals surface area contributed by atoms with Gasteiger partial charge in [0.2, 0.25) is 5.91 Å². The van der Waals surface area contributed by atoms with Crippen molar-refractivity contribution >= 4 is 5.91 Å². The van der Waals surface area contributed by atoms with E-state index >= 15 is 0 Å². The van der Waals surface area contributed by atoms with Crippen LogP contribution in [0.3, 0.4) is 0 Å². The molecule has 0 aliphatic carbocycles. The lowest BCUT2D eigenvalue weighted by molar-refractivity contribution is -0.137. The third-order valence-electron chi connectivity index (χ3n) is 4.84. The molecule has 2 atom stereocenters. The summed E-state index contributed by atoms with van der Waals surface area (Å²) in [5, 5.41) is 4.00. The Morgan fingerprint density at radius 1 is 1.29 bits per heavy atom. The van der Waals surface area contributed by atoms with Crippen molar-refractivity contribution in [1.82, 2.24) is 19.2 Å². The Labute approximate surface area is 141 Å². The third kappa shape index (κ3) is 3.13. The van der Waals surface area contributed by atoms with E-state index in [1.165, 1.54) is 21.1 Å². The van der Waals surface area contributed by atoms with Gasteiger partial charge in [-0.2, -0.15) is 5.10 Å². The Balaban J connectivity index is 1.85. The molecule has 0 unspecified atom stereocenters. The third-order valence-corrected chi connectivity index (χ3v) is 4.84. The molecular formula is C18H24N4O2. The van der Waals surface area contributed by atoms with Gasteiger partial charge in [-0.25, -0.2) is 9.48 Å². The van der Waals surface area contributed by atoms with Crippen LogP contribution in [-0.4, -0.2) is 31.7 Å². The number of rotatable bonds is 3. The zero-order chi connectivity index (χ0) is 17.3. The van der Waals surface area contributed by atoms with Crippen molar-refractivity contribution in [1.29, 1.82) is 0 Å². The van der Waals surface area contributed by atoms with E-state index in [0.717, 1.165) is 24.9 Å². The largest absolute Gasteiger partial charge is 0.345 e. The summed E-state index contributed by atoms with van der Waals surface area (Å²) >= 11 is 0. The fraction of sp³-hybridized carbons (Fsp3) is 0.500. The van der Waals surface area contributed by atoms with Crippen LogP contribution in [0.15, 0.2) is 35.4 Å². The molecule has 1 aromatic heterocycles. The fourth-order valence-corrected chi connectivity index (χ4v) is 3.49. The SMILES string of the molecule is Cc1ccc([C@@H]2[C@H](C)CCCN2C(=O)Cn2ncn(C)c2=O)cc1. The zero-order valence-corrected chi connectivity index (χ0v) is 14.5. The number of hydrogen-bond donors (Lipinski definition) is 0. The Morgan fingerprint density at radius 2 is 2.00 bits per heavy atom. The number of piperidine rings is 1. The minimum atomic E-state index is -0.264.